The lowest BCUT2D eigenvalue weighted by Gasteiger charge is -2.21. The molecule has 0 radical (unpaired) electrons. The molecule has 1 unspecified atom stereocenters. The molecule has 0 saturated carbocycles. The minimum Gasteiger partial charge on any atom is -0.381 e. The van der Waals surface area contributed by atoms with Crippen LogP contribution in [0.1, 0.15) is 18.4 Å². The molecular weight excluding hydrogens is 202 g/mol. The van der Waals surface area contributed by atoms with E-state index in [4.69, 9.17) is 4.74 Å². The van der Waals surface area contributed by atoms with Gasteiger partial charge in [-0.3, -0.25) is 0 Å². The lowest BCUT2D eigenvalue weighted by atomic mass is 9.87. The summed E-state index contributed by atoms with van der Waals surface area (Å²) >= 11 is 0. The van der Waals surface area contributed by atoms with E-state index in [-0.39, 0.29) is 0 Å². The van der Waals surface area contributed by atoms with E-state index in [0.29, 0.717) is 5.41 Å². The molecule has 0 bridgehead atoms. The Bertz CT molecular complexity index is 370. The van der Waals surface area contributed by atoms with Crippen molar-refractivity contribution < 1.29 is 4.74 Å². The first-order valence-electron chi connectivity index (χ1n) is 5.89. The van der Waals surface area contributed by atoms with E-state index in [2.05, 4.69) is 14.9 Å². The van der Waals surface area contributed by atoms with Crippen LogP contribution < -0.4 is 4.90 Å². The normalized spacial score (nSPS) is 29.2. The van der Waals surface area contributed by atoms with Gasteiger partial charge in [-0.25, -0.2) is 9.97 Å². The quantitative estimate of drug-likeness (QED) is 0.715. The van der Waals surface area contributed by atoms with Gasteiger partial charge < -0.3 is 9.64 Å². The summed E-state index contributed by atoms with van der Waals surface area (Å²) in [6.45, 7) is 5.96. The minimum absolute atomic E-state index is 0.383. The van der Waals surface area contributed by atoms with Gasteiger partial charge in [-0.1, -0.05) is 0 Å². The van der Waals surface area contributed by atoms with E-state index < -0.39 is 0 Å². The van der Waals surface area contributed by atoms with Crippen LogP contribution in [0.15, 0.2) is 12.4 Å². The molecule has 4 heteroatoms. The molecule has 1 spiro atoms. The number of rotatable bonds is 1. The van der Waals surface area contributed by atoms with Crippen molar-refractivity contribution in [2.75, 3.05) is 31.2 Å². The average Bonchev–Trinajstić information content (AvgIpc) is 2.91. The van der Waals surface area contributed by atoms with Crippen molar-refractivity contribution in [3.05, 3.63) is 18.0 Å². The molecule has 1 aromatic heterocycles. The fourth-order valence-electron chi connectivity index (χ4n) is 2.63. The van der Waals surface area contributed by atoms with Crippen LogP contribution in [0.4, 0.5) is 5.95 Å². The average molecular weight is 219 g/mol. The molecule has 2 fully saturated rings. The molecule has 2 aliphatic rings. The van der Waals surface area contributed by atoms with Gasteiger partial charge in [-0.2, -0.15) is 0 Å². The van der Waals surface area contributed by atoms with Gasteiger partial charge in [0.1, 0.15) is 0 Å². The molecule has 16 heavy (non-hydrogen) atoms. The highest BCUT2D eigenvalue weighted by Crippen LogP contribution is 2.38. The van der Waals surface area contributed by atoms with Crippen molar-refractivity contribution in [1.82, 2.24) is 9.97 Å². The van der Waals surface area contributed by atoms with Gasteiger partial charge in [0.2, 0.25) is 5.95 Å². The fourth-order valence-corrected chi connectivity index (χ4v) is 2.63. The summed E-state index contributed by atoms with van der Waals surface area (Å²) in [5.74, 6) is 0.870. The fraction of sp³-hybridized carbons (Fsp3) is 0.667. The molecule has 0 aromatic carbocycles. The van der Waals surface area contributed by atoms with Gasteiger partial charge >= 0.3 is 0 Å². The Hall–Kier alpha value is -1.16. The van der Waals surface area contributed by atoms with Gasteiger partial charge in [-0.15, -0.1) is 0 Å². The van der Waals surface area contributed by atoms with Crippen LogP contribution in [0.2, 0.25) is 0 Å². The predicted molar refractivity (Wildman–Crippen MR) is 61.5 cm³/mol. The summed E-state index contributed by atoms with van der Waals surface area (Å²) < 4.78 is 5.52. The number of anilines is 1. The first-order valence-corrected chi connectivity index (χ1v) is 5.89. The predicted octanol–water partition coefficient (Wildman–Crippen LogP) is 1.40. The Labute approximate surface area is 95.7 Å². The third-order valence-corrected chi connectivity index (χ3v) is 3.67. The topological polar surface area (TPSA) is 38.2 Å². The SMILES string of the molecule is Cc1cnc(N2CCC3(CCOC3)C2)nc1. The first kappa shape index (κ1) is 10.0. The molecule has 2 aliphatic heterocycles. The second-order valence-corrected chi connectivity index (χ2v) is 5.03. The Morgan fingerprint density at radius 1 is 1.31 bits per heavy atom. The maximum Gasteiger partial charge on any atom is 0.225 e. The number of aromatic nitrogens is 2. The number of aryl methyl sites for hydroxylation is 1. The summed E-state index contributed by atoms with van der Waals surface area (Å²) in [6, 6.07) is 0. The zero-order valence-electron chi connectivity index (χ0n) is 9.65. The Kier molecular flexibility index (Phi) is 2.32. The Morgan fingerprint density at radius 2 is 2.12 bits per heavy atom. The molecule has 4 nitrogen and oxygen atoms in total. The minimum atomic E-state index is 0.383. The van der Waals surface area contributed by atoms with Crippen molar-refractivity contribution >= 4 is 5.95 Å². The molecule has 2 saturated heterocycles. The summed E-state index contributed by atoms with van der Waals surface area (Å²) in [6.07, 6.45) is 6.18. The van der Waals surface area contributed by atoms with Gasteiger partial charge in [0.25, 0.3) is 0 Å². The highest BCUT2D eigenvalue weighted by atomic mass is 16.5. The molecule has 0 aliphatic carbocycles. The highest BCUT2D eigenvalue weighted by molar-refractivity contribution is 5.32. The van der Waals surface area contributed by atoms with Crippen LogP contribution in [0.5, 0.6) is 0 Å². The van der Waals surface area contributed by atoms with E-state index in [1.807, 2.05) is 19.3 Å². The Morgan fingerprint density at radius 3 is 2.81 bits per heavy atom. The Balaban J connectivity index is 1.75. The number of hydrogen-bond acceptors (Lipinski definition) is 4. The van der Waals surface area contributed by atoms with Crippen LogP contribution >= 0.6 is 0 Å². The zero-order valence-corrected chi connectivity index (χ0v) is 9.65. The van der Waals surface area contributed by atoms with Crippen LogP contribution in [0.25, 0.3) is 0 Å². The van der Waals surface area contributed by atoms with E-state index in [1.54, 1.807) is 0 Å². The summed E-state index contributed by atoms with van der Waals surface area (Å²) in [7, 11) is 0. The van der Waals surface area contributed by atoms with Crippen molar-refractivity contribution in [3.63, 3.8) is 0 Å². The van der Waals surface area contributed by atoms with Crippen molar-refractivity contribution in [3.8, 4) is 0 Å². The van der Waals surface area contributed by atoms with Gasteiger partial charge in [0.05, 0.1) is 6.61 Å². The maximum absolute atomic E-state index is 5.52. The van der Waals surface area contributed by atoms with Crippen LogP contribution in [0, 0.1) is 12.3 Å². The van der Waals surface area contributed by atoms with Crippen molar-refractivity contribution in [2.45, 2.75) is 19.8 Å². The third-order valence-electron chi connectivity index (χ3n) is 3.67. The second-order valence-electron chi connectivity index (χ2n) is 5.03. The van der Waals surface area contributed by atoms with E-state index in [9.17, 15) is 0 Å². The zero-order chi connectivity index (χ0) is 11.0. The molecule has 3 heterocycles. The lowest BCUT2D eigenvalue weighted by molar-refractivity contribution is 0.160. The first-order chi connectivity index (χ1) is 7.77. The molecule has 3 rings (SSSR count). The van der Waals surface area contributed by atoms with Crippen LogP contribution in [-0.2, 0) is 4.74 Å². The van der Waals surface area contributed by atoms with E-state index in [0.717, 1.165) is 37.8 Å². The van der Waals surface area contributed by atoms with Gasteiger partial charge in [0, 0.05) is 37.5 Å². The smallest absolute Gasteiger partial charge is 0.225 e. The van der Waals surface area contributed by atoms with Crippen molar-refractivity contribution in [2.24, 2.45) is 5.41 Å². The summed E-state index contributed by atoms with van der Waals surface area (Å²) in [5, 5.41) is 0. The number of ether oxygens (including phenoxy) is 1. The summed E-state index contributed by atoms with van der Waals surface area (Å²) in [5.41, 5.74) is 1.50. The maximum atomic E-state index is 5.52. The third kappa shape index (κ3) is 1.67. The molecule has 1 atom stereocenters. The van der Waals surface area contributed by atoms with E-state index in [1.165, 1.54) is 12.8 Å². The summed E-state index contributed by atoms with van der Waals surface area (Å²) in [4.78, 5) is 11.1. The van der Waals surface area contributed by atoms with Crippen LogP contribution in [-0.4, -0.2) is 36.3 Å². The standard InChI is InChI=1S/C12H17N3O/c1-10-6-13-11(14-7-10)15-4-2-12(8-15)3-5-16-9-12/h6-7H,2-5,8-9H2,1H3. The van der Waals surface area contributed by atoms with Gasteiger partial charge in [0.15, 0.2) is 0 Å². The highest BCUT2D eigenvalue weighted by Gasteiger charge is 2.41. The number of hydrogen-bond donors (Lipinski definition) is 0. The molecular formula is C12H17N3O. The number of nitrogens with zero attached hydrogens (tertiary/aromatic N) is 3. The molecule has 0 amide bonds. The molecule has 0 N–H and O–H groups in total. The monoisotopic (exact) mass is 219 g/mol. The van der Waals surface area contributed by atoms with Crippen molar-refractivity contribution in [1.29, 1.82) is 0 Å². The molecule has 1 aromatic rings. The molecule has 86 valence electrons. The van der Waals surface area contributed by atoms with Crippen LogP contribution in [0.3, 0.4) is 0 Å². The van der Waals surface area contributed by atoms with Gasteiger partial charge in [-0.05, 0) is 25.3 Å². The van der Waals surface area contributed by atoms with E-state index >= 15 is 0 Å². The second kappa shape index (κ2) is 3.70. The largest absolute Gasteiger partial charge is 0.381 e. The lowest BCUT2D eigenvalue weighted by Crippen LogP contribution is -2.28.